The molecule has 0 saturated carbocycles. The van der Waals surface area contributed by atoms with Crippen LogP contribution in [0.4, 0.5) is 0 Å². The summed E-state index contributed by atoms with van der Waals surface area (Å²) in [6.45, 7) is 6.34. The molecule has 0 bridgehead atoms. The molecule has 6 nitrogen and oxygen atoms in total. The molecule has 0 rings (SSSR count). The first kappa shape index (κ1) is 54.9. The van der Waals surface area contributed by atoms with Crippen molar-refractivity contribution in [3.63, 3.8) is 0 Å². The fraction of sp³-hybridized carbons (Fsp3) is 0.712. The molecule has 58 heavy (non-hydrogen) atoms. The van der Waals surface area contributed by atoms with Crippen molar-refractivity contribution in [1.29, 1.82) is 0 Å². The Hall–Kier alpha value is -3.15. The van der Waals surface area contributed by atoms with Gasteiger partial charge in [0.2, 0.25) is 0 Å². The zero-order valence-corrected chi connectivity index (χ0v) is 37.8. The van der Waals surface area contributed by atoms with E-state index in [0.717, 1.165) is 109 Å². The van der Waals surface area contributed by atoms with E-state index in [1.165, 1.54) is 64.2 Å². The average Bonchev–Trinajstić information content (AvgIpc) is 3.22. The Labute approximate surface area is 357 Å². The van der Waals surface area contributed by atoms with E-state index >= 15 is 0 Å². The predicted octanol–water partition coefficient (Wildman–Crippen LogP) is 15.5. The van der Waals surface area contributed by atoms with Crippen molar-refractivity contribution in [2.75, 3.05) is 13.2 Å². The third-order valence-electron chi connectivity index (χ3n) is 9.93. The van der Waals surface area contributed by atoms with Gasteiger partial charge in [0.1, 0.15) is 13.2 Å². The fourth-order valence-electron chi connectivity index (χ4n) is 6.37. The number of hydrogen-bond donors (Lipinski definition) is 0. The highest BCUT2D eigenvalue weighted by Gasteiger charge is 2.19. The van der Waals surface area contributed by atoms with Crippen LogP contribution in [0.25, 0.3) is 0 Å². The standard InChI is InChI=1S/C52H88O6/c1-4-7-10-13-16-19-22-25-26-27-28-31-33-36-39-42-45-51(54)57-48-49(58-52(55)46-43-40-37-34-30-24-21-18-15-12-9-6-3)47-56-50(53)44-41-38-35-32-29-23-20-17-14-11-8-5-2/h8-9,11-12,17-18,20-21,26-27,30,34,49H,4-7,10,13-16,19,22-25,28-29,31-33,35-48H2,1-3H3/b11-8-,12-9-,20-17-,21-18-,27-26-,34-30-. The summed E-state index contributed by atoms with van der Waals surface area (Å²) in [5.74, 6) is -0.967. The molecule has 1 unspecified atom stereocenters. The van der Waals surface area contributed by atoms with E-state index in [9.17, 15) is 14.4 Å². The van der Waals surface area contributed by atoms with Gasteiger partial charge in [0.25, 0.3) is 0 Å². The minimum Gasteiger partial charge on any atom is -0.462 e. The zero-order chi connectivity index (χ0) is 42.3. The Morgan fingerprint density at radius 3 is 1.10 bits per heavy atom. The molecule has 0 aliphatic rings. The Bertz CT molecular complexity index is 1110. The minimum atomic E-state index is -0.802. The van der Waals surface area contributed by atoms with Crippen LogP contribution in [0.5, 0.6) is 0 Å². The molecule has 0 aromatic carbocycles. The summed E-state index contributed by atoms with van der Waals surface area (Å²) in [6, 6.07) is 0. The summed E-state index contributed by atoms with van der Waals surface area (Å²) in [5.41, 5.74) is 0. The number of rotatable bonds is 42. The summed E-state index contributed by atoms with van der Waals surface area (Å²) >= 11 is 0. The van der Waals surface area contributed by atoms with E-state index in [0.29, 0.717) is 19.3 Å². The van der Waals surface area contributed by atoms with Crippen LogP contribution in [-0.4, -0.2) is 37.2 Å². The van der Waals surface area contributed by atoms with Gasteiger partial charge in [0.05, 0.1) is 0 Å². The monoisotopic (exact) mass is 809 g/mol. The van der Waals surface area contributed by atoms with Crippen molar-refractivity contribution in [2.45, 2.75) is 226 Å². The topological polar surface area (TPSA) is 78.9 Å². The second-order valence-corrected chi connectivity index (χ2v) is 15.6. The second kappa shape index (κ2) is 46.5. The Morgan fingerprint density at radius 2 is 0.672 bits per heavy atom. The largest absolute Gasteiger partial charge is 0.462 e. The first-order chi connectivity index (χ1) is 28.5. The Morgan fingerprint density at radius 1 is 0.362 bits per heavy atom. The minimum absolute atomic E-state index is 0.100. The van der Waals surface area contributed by atoms with Crippen molar-refractivity contribution in [2.24, 2.45) is 0 Å². The van der Waals surface area contributed by atoms with Gasteiger partial charge in [-0.3, -0.25) is 14.4 Å². The summed E-state index contributed by atoms with van der Waals surface area (Å²) in [6.07, 6.45) is 57.5. The van der Waals surface area contributed by atoms with Gasteiger partial charge < -0.3 is 14.2 Å². The van der Waals surface area contributed by atoms with Gasteiger partial charge in [0.15, 0.2) is 6.10 Å². The second-order valence-electron chi connectivity index (χ2n) is 15.6. The molecule has 0 fully saturated rings. The summed E-state index contributed by atoms with van der Waals surface area (Å²) in [4.78, 5) is 37.8. The number of esters is 3. The van der Waals surface area contributed by atoms with Gasteiger partial charge in [0, 0.05) is 19.3 Å². The molecule has 332 valence electrons. The molecule has 0 saturated heterocycles. The molecule has 0 heterocycles. The predicted molar refractivity (Wildman–Crippen MR) is 247 cm³/mol. The molecule has 0 spiro atoms. The maximum absolute atomic E-state index is 12.7. The van der Waals surface area contributed by atoms with Gasteiger partial charge >= 0.3 is 17.9 Å². The maximum Gasteiger partial charge on any atom is 0.306 e. The van der Waals surface area contributed by atoms with Gasteiger partial charge in [-0.25, -0.2) is 0 Å². The maximum atomic E-state index is 12.7. The first-order valence-electron chi connectivity index (χ1n) is 23.9. The Balaban J connectivity index is 4.44. The summed E-state index contributed by atoms with van der Waals surface area (Å²) in [7, 11) is 0. The van der Waals surface area contributed by atoms with Crippen LogP contribution in [0, 0.1) is 0 Å². The highest BCUT2D eigenvalue weighted by molar-refractivity contribution is 5.71. The number of carbonyl (C=O) groups is 3. The van der Waals surface area contributed by atoms with Crippen molar-refractivity contribution >= 4 is 17.9 Å². The van der Waals surface area contributed by atoms with Gasteiger partial charge in [-0.1, -0.05) is 171 Å². The van der Waals surface area contributed by atoms with Crippen LogP contribution >= 0.6 is 0 Å². The number of hydrogen-bond acceptors (Lipinski definition) is 6. The molecule has 0 aromatic rings. The van der Waals surface area contributed by atoms with Crippen LogP contribution in [0.1, 0.15) is 220 Å². The highest BCUT2D eigenvalue weighted by atomic mass is 16.6. The smallest absolute Gasteiger partial charge is 0.306 e. The van der Waals surface area contributed by atoms with Gasteiger partial charge in [-0.2, -0.15) is 0 Å². The van der Waals surface area contributed by atoms with Crippen molar-refractivity contribution in [3.8, 4) is 0 Å². The molecule has 6 heteroatoms. The Kier molecular flexibility index (Phi) is 44.0. The van der Waals surface area contributed by atoms with E-state index in [4.69, 9.17) is 14.2 Å². The number of unbranched alkanes of at least 4 members (excludes halogenated alkanes) is 19. The van der Waals surface area contributed by atoms with E-state index < -0.39 is 6.10 Å². The van der Waals surface area contributed by atoms with E-state index in [1.54, 1.807) is 0 Å². The number of carbonyl (C=O) groups excluding carboxylic acids is 3. The summed E-state index contributed by atoms with van der Waals surface area (Å²) in [5, 5.41) is 0. The van der Waals surface area contributed by atoms with Crippen LogP contribution in [0.15, 0.2) is 72.9 Å². The van der Waals surface area contributed by atoms with Crippen molar-refractivity contribution < 1.29 is 28.6 Å². The van der Waals surface area contributed by atoms with Crippen LogP contribution in [-0.2, 0) is 28.6 Å². The average molecular weight is 809 g/mol. The molecule has 0 N–H and O–H groups in total. The molecule has 1 atom stereocenters. The normalized spacial score (nSPS) is 12.7. The summed E-state index contributed by atoms with van der Waals surface area (Å²) < 4.78 is 16.7. The van der Waals surface area contributed by atoms with Crippen LogP contribution in [0.3, 0.4) is 0 Å². The van der Waals surface area contributed by atoms with Crippen molar-refractivity contribution in [3.05, 3.63) is 72.9 Å². The molecule has 0 aromatic heterocycles. The fourth-order valence-corrected chi connectivity index (χ4v) is 6.37. The van der Waals surface area contributed by atoms with Gasteiger partial charge in [-0.15, -0.1) is 0 Å². The lowest BCUT2D eigenvalue weighted by molar-refractivity contribution is -0.167. The molecule has 0 aliphatic heterocycles. The lowest BCUT2D eigenvalue weighted by Gasteiger charge is -2.18. The SMILES string of the molecule is CC/C=C\C/C=C\C/C=C\CCCCC(=O)OC(COC(=O)CCCCCCC/C=C\C/C=C\CC)COC(=O)CCCCCCC/C=C\CCCCCCCCC. The zero-order valence-electron chi connectivity index (χ0n) is 37.8. The molecular weight excluding hydrogens is 721 g/mol. The van der Waals surface area contributed by atoms with E-state index in [2.05, 4.69) is 93.7 Å². The molecule has 0 amide bonds. The number of ether oxygens (including phenoxy) is 3. The molecular formula is C52H88O6. The number of allylic oxidation sites excluding steroid dienone is 12. The van der Waals surface area contributed by atoms with E-state index in [-0.39, 0.29) is 37.5 Å². The highest BCUT2D eigenvalue weighted by Crippen LogP contribution is 2.13. The van der Waals surface area contributed by atoms with Crippen LogP contribution < -0.4 is 0 Å². The van der Waals surface area contributed by atoms with Crippen molar-refractivity contribution in [1.82, 2.24) is 0 Å². The van der Waals surface area contributed by atoms with E-state index in [1.807, 2.05) is 0 Å². The van der Waals surface area contributed by atoms with Gasteiger partial charge in [-0.05, 0) is 103 Å². The lowest BCUT2D eigenvalue weighted by Crippen LogP contribution is -2.30. The third-order valence-corrected chi connectivity index (χ3v) is 9.93. The first-order valence-corrected chi connectivity index (χ1v) is 23.9. The third kappa shape index (κ3) is 44.0. The quantitative estimate of drug-likeness (QED) is 0.0264. The molecule has 0 aliphatic carbocycles. The lowest BCUT2D eigenvalue weighted by atomic mass is 10.1. The molecule has 0 radical (unpaired) electrons. The van der Waals surface area contributed by atoms with Crippen LogP contribution in [0.2, 0.25) is 0 Å².